The SMILES string of the molecule is Cc1cc(C(=O)N(C)C2CCSC2)sc1Br. The maximum atomic E-state index is 12.2. The molecule has 1 unspecified atom stereocenters. The third-order valence-electron chi connectivity index (χ3n) is 2.84. The summed E-state index contributed by atoms with van der Waals surface area (Å²) in [6.45, 7) is 2.02. The van der Waals surface area contributed by atoms with E-state index in [0.29, 0.717) is 6.04 Å². The van der Waals surface area contributed by atoms with E-state index in [1.54, 1.807) is 0 Å². The molecule has 1 aromatic rings. The van der Waals surface area contributed by atoms with E-state index in [1.807, 2.05) is 36.7 Å². The molecule has 1 saturated heterocycles. The van der Waals surface area contributed by atoms with E-state index in [1.165, 1.54) is 17.1 Å². The summed E-state index contributed by atoms with van der Waals surface area (Å²) < 4.78 is 1.06. The van der Waals surface area contributed by atoms with Gasteiger partial charge in [-0.1, -0.05) is 0 Å². The maximum Gasteiger partial charge on any atom is 0.263 e. The highest BCUT2D eigenvalue weighted by Crippen LogP contribution is 2.29. The van der Waals surface area contributed by atoms with Crippen molar-refractivity contribution in [2.45, 2.75) is 19.4 Å². The van der Waals surface area contributed by atoms with E-state index in [-0.39, 0.29) is 5.91 Å². The van der Waals surface area contributed by atoms with Gasteiger partial charge in [0.25, 0.3) is 5.91 Å². The third kappa shape index (κ3) is 2.46. The first-order valence-corrected chi connectivity index (χ1v) is 7.97. The predicted octanol–water partition coefficient (Wildman–Crippen LogP) is 3.40. The lowest BCUT2D eigenvalue weighted by molar-refractivity contribution is 0.0752. The summed E-state index contributed by atoms with van der Waals surface area (Å²) in [5.41, 5.74) is 1.14. The number of aryl methyl sites for hydroxylation is 1. The molecule has 1 atom stereocenters. The van der Waals surface area contributed by atoms with Crippen LogP contribution in [0, 0.1) is 6.92 Å². The average molecular weight is 320 g/mol. The topological polar surface area (TPSA) is 20.3 Å². The van der Waals surface area contributed by atoms with E-state index in [4.69, 9.17) is 0 Å². The molecule has 0 spiro atoms. The van der Waals surface area contributed by atoms with E-state index in [9.17, 15) is 4.79 Å². The zero-order chi connectivity index (χ0) is 11.7. The standard InChI is InChI=1S/C11H14BrNOS2/c1-7-5-9(16-10(7)12)11(14)13(2)8-3-4-15-6-8/h5,8H,3-4,6H2,1-2H3. The van der Waals surface area contributed by atoms with Gasteiger partial charge in [-0.2, -0.15) is 11.8 Å². The van der Waals surface area contributed by atoms with Gasteiger partial charge < -0.3 is 4.90 Å². The number of thioether (sulfide) groups is 1. The lowest BCUT2D eigenvalue weighted by Crippen LogP contribution is -2.36. The van der Waals surface area contributed by atoms with Gasteiger partial charge in [-0.25, -0.2) is 0 Å². The van der Waals surface area contributed by atoms with Crippen LogP contribution in [0.15, 0.2) is 9.85 Å². The summed E-state index contributed by atoms with van der Waals surface area (Å²) in [5, 5.41) is 0. The molecule has 88 valence electrons. The summed E-state index contributed by atoms with van der Waals surface area (Å²) in [4.78, 5) is 14.9. The second kappa shape index (κ2) is 5.10. The number of hydrogen-bond acceptors (Lipinski definition) is 3. The molecule has 5 heteroatoms. The van der Waals surface area contributed by atoms with Gasteiger partial charge in [-0.05, 0) is 46.7 Å². The molecule has 1 aliphatic rings. The van der Waals surface area contributed by atoms with Crippen molar-refractivity contribution in [3.05, 3.63) is 20.3 Å². The Morgan fingerprint density at radius 2 is 2.38 bits per heavy atom. The molecule has 0 saturated carbocycles. The lowest BCUT2D eigenvalue weighted by atomic mass is 10.2. The molecule has 0 N–H and O–H groups in total. The first kappa shape index (κ1) is 12.5. The molecule has 0 bridgehead atoms. The second-order valence-corrected chi connectivity index (χ2v) is 7.52. The van der Waals surface area contributed by atoms with Gasteiger partial charge in [-0.3, -0.25) is 4.79 Å². The van der Waals surface area contributed by atoms with Crippen LogP contribution in [0.1, 0.15) is 21.7 Å². The normalized spacial score (nSPS) is 20.1. The molecule has 2 heterocycles. The zero-order valence-corrected chi connectivity index (χ0v) is 12.5. The molecule has 16 heavy (non-hydrogen) atoms. The number of nitrogens with zero attached hydrogens (tertiary/aromatic N) is 1. The first-order valence-electron chi connectivity index (χ1n) is 5.20. The minimum absolute atomic E-state index is 0.159. The van der Waals surface area contributed by atoms with Crippen molar-refractivity contribution in [3.63, 3.8) is 0 Å². The predicted molar refractivity (Wildman–Crippen MR) is 74.6 cm³/mol. The minimum Gasteiger partial charge on any atom is -0.337 e. The fraction of sp³-hybridized carbons (Fsp3) is 0.545. The van der Waals surface area contributed by atoms with Crippen LogP contribution in [0.5, 0.6) is 0 Å². The lowest BCUT2D eigenvalue weighted by Gasteiger charge is -2.22. The second-order valence-electron chi connectivity index (χ2n) is 4.00. The van der Waals surface area contributed by atoms with Crippen molar-refractivity contribution in [2.24, 2.45) is 0 Å². The van der Waals surface area contributed by atoms with Gasteiger partial charge in [0.1, 0.15) is 0 Å². The number of amides is 1. The molecule has 1 amide bonds. The number of hydrogen-bond donors (Lipinski definition) is 0. The van der Waals surface area contributed by atoms with Gasteiger partial charge in [0.15, 0.2) is 0 Å². The van der Waals surface area contributed by atoms with E-state index in [2.05, 4.69) is 15.9 Å². The minimum atomic E-state index is 0.159. The zero-order valence-electron chi connectivity index (χ0n) is 9.33. The van der Waals surface area contributed by atoms with Crippen LogP contribution in [0.2, 0.25) is 0 Å². The molecule has 2 rings (SSSR count). The fourth-order valence-electron chi connectivity index (χ4n) is 1.73. The number of halogens is 1. The maximum absolute atomic E-state index is 12.2. The van der Waals surface area contributed by atoms with Crippen molar-refractivity contribution in [1.29, 1.82) is 0 Å². The van der Waals surface area contributed by atoms with Crippen LogP contribution in [-0.4, -0.2) is 35.4 Å². The first-order chi connectivity index (χ1) is 7.59. The van der Waals surface area contributed by atoms with Crippen molar-refractivity contribution in [3.8, 4) is 0 Å². The third-order valence-corrected chi connectivity index (χ3v) is 6.11. The molecule has 0 aliphatic carbocycles. The van der Waals surface area contributed by atoms with Gasteiger partial charge in [0.05, 0.1) is 8.66 Å². The van der Waals surface area contributed by atoms with Gasteiger partial charge in [-0.15, -0.1) is 11.3 Å². The van der Waals surface area contributed by atoms with E-state index < -0.39 is 0 Å². The fourth-order valence-corrected chi connectivity index (χ4v) is 4.52. The van der Waals surface area contributed by atoms with Crippen molar-refractivity contribution >= 4 is 44.9 Å². The van der Waals surface area contributed by atoms with E-state index in [0.717, 1.165) is 26.4 Å². The largest absolute Gasteiger partial charge is 0.337 e. The summed E-state index contributed by atoms with van der Waals surface area (Å²) in [7, 11) is 1.92. The Labute approximate surface area is 113 Å². The van der Waals surface area contributed by atoms with Crippen LogP contribution in [0.3, 0.4) is 0 Å². The molecule has 1 fully saturated rings. The Morgan fingerprint density at radius 3 is 2.88 bits per heavy atom. The molecular weight excluding hydrogens is 306 g/mol. The van der Waals surface area contributed by atoms with Crippen LogP contribution in [0.25, 0.3) is 0 Å². The Hall–Kier alpha value is 0. The summed E-state index contributed by atoms with van der Waals surface area (Å²) in [5.74, 6) is 2.41. The molecule has 2 nitrogen and oxygen atoms in total. The van der Waals surface area contributed by atoms with Crippen LogP contribution >= 0.6 is 39.0 Å². The number of rotatable bonds is 2. The Bertz CT molecular complexity index is 379. The van der Waals surface area contributed by atoms with Crippen LogP contribution in [-0.2, 0) is 0 Å². The van der Waals surface area contributed by atoms with Crippen molar-refractivity contribution < 1.29 is 4.79 Å². The highest BCUT2D eigenvalue weighted by atomic mass is 79.9. The average Bonchev–Trinajstić information content (AvgIpc) is 2.87. The Morgan fingerprint density at radius 1 is 1.62 bits per heavy atom. The number of carbonyl (C=O) groups is 1. The summed E-state index contributed by atoms with van der Waals surface area (Å²) in [6.07, 6.45) is 1.12. The molecule has 0 aromatic carbocycles. The molecular formula is C11H14BrNOS2. The van der Waals surface area contributed by atoms with Gasteiger partial charge in [0.2, 0.25) is 0 Å². The highest BCUT2D eigenvalue weighted by molar-refractivity contribution is 9.11. The Balaban J connectivity index is 2.11. The van der Waals surface area contributed by atoms with Crippen LogP contribution < -0.4 is 0 Å². The van der Waals surface area contributed by atoms with Gasteiger partial charge >= 0.3 is 0 Å². The molecule has 1 aromatic heterocycles. The quantitative estimate of drug-likeness (QED) is 0.832. The number of thiophene rings is 1. The van der Waals surface area contributed by atoms with Crippen LogP contribution in [0.4, 0.5) is 0 Å². The van der Waals surface area contributed by atoms with Gasteiger partial charge in [0, 0.05) is 18.8 Å². The molecule has 0 radical (unpaired) electrons. The smallest absolute Gasteiger partial charge is 0.263 e. The van der Waals surface area contributed by atoms with Crippen molar-refractivity contribution in [2.75, 3.05) is 18.6 Å². The number of carbonyl (C=O) groups excluding carboxylic acids is 1. The Kier molecular flexibility index (Phi) is 3.97. The monoisotopic (exact) mass is 319 g/mol. The van der Waals surface area contributed by atoms with E-state index >= 15 is 0 Å². The summed E-state index contributed by atoms with van der Waals surface area (Å²) >= 11 is 6.92. The highest BCUT2D eigenvalue weighted by Gasteiger charge is 2.25. The van der Waals surface area contributed by atoms with Crippen molar-refractivity contribution in [1.82, 2.24) is 4.90 Å². The molecule has 1 aliphatic heterocycles. The summed E-state index contributed by atoms with van der Waals surface area (Å²) in [6, 6.07) is 2.38.